The third-order valence-corrected chi connectivity index (χ3v) is 5.02. The quantitative estimate of drug-likeness (QED) is 0.677. The van der Waals surface area contributed by atoms with Gasteiger partial charge in [-0.2, -0.15) is 0 Å². The maximum atomic E-state index is 10.9. The standard InChI is InChI=1S/C22H30O/c1-5-11-18-16-19(22(23,7-3)8-4)14-15-21(18)20-13-10-9-12-17(20)6-2/h9-10,12-16,23H,5-8,11H2,1-4H3. The molecule has 0 radical (unpaired) electrons. The molecule has 0 fully saturated rings. The molecule has 1 nitrogen and oxygen atoms in total. The zero-order valence-electron chi connectivity index (χ0n) is 15.0. The molecule has 0 amide bonds. The van der Waals surface area contributed by atoms with Crippen LogP contribution in [0.25, 0.3) is 11.1 Å². The van der Waals surface area contributed by atoms with Crippen LogP contribution >= 0.6 is 0 Å². The molecule has 0 unspecified atom stereocenters. The second kappa shape index (κ2) is 7.79. The Morgan fingerprint density at radius 3 is 2.09 bits per heavy atom. The van der Waals surface area contributed by atoms with Gasteiger partial charge >= 0.3 is 0 Å². The van der Waals surface area contributed by atoms with Crippen molar-refractivity contribution in [2.24, 2.45) is 0 Å². The van der Waals surface area contributed by atoms with Gasteiger partial charge < -0.3 is 5.11 Å². The van der Waals surface area contributed by atoms with Gasteiger partial charge in [-0.15, -0.1) is 0 Å². The van der Waals surface area contributed by atoms with Crippen molar-refractivity contribution in [3.8, 4) is 11.1 Å². The summed E-state index contributed by atoms with van der Waals surface area (Å²) in [5.41, 5.74) is 5.75. The van der Waals surface area contributed by atoms with Crippen LogP contribution in [-0.2, 0) is 18.4 Å². The first-order valence-corrected chi connectivity index (χ1v) is 9.03. The summed E-state index contributed by atoms with van der Waals surface area (Å²) >= 11 is 0. The van der Waals surface area contributed by atoms with E-state index in [4.69, 9.17) is 0 Å². The van der Waals surface area contributed by atoms with Gasteiger partial charge in [0, 0.05) is 0 Å². The highest BCUT2D eigenvalue weighted by Gasteiger charge is 2.25. The van der Waals surface area contributed by atoms with E-state index in [0.29, 0.717) is 0 Å². The van der Waals surface area contributed by atoms with Gasteiger partial charge in [0.1, 0.15) is 0 Å². The third-order valence-electron chi connectivity index (χ3n) is 5.02. The van der Waals surface area contributed by atoms with E-state index in [0.717, 1.165) is 37.7 Å². The highest BCUT2D eigenvalue weighted by molar-refractivity contribution is 5.71. The number of aryl methyl sites for hydroxylation is 2. The molecule has 0 aromatic heterocycles. The lowest BCUT2D eigenvalue weighted by molar-refractivity contribution is 0.0283. The lowest BCUT2D eigenvalue weighted by atomic mass is 9.84. The van der Waals surface area contributed by atoms with Crippen LogP contribution in [0.1, 0.15) is 63.6 Å². The van der Waals surface area contributed by atoms with Crippen molar-refractivity contribution in [3.05, 3.63) is 59.2 Å². The summed E-state index contributed by atoms with van der Waals surface area (Å²) in [6.45, 7) is 8.54. The van der Waals surface area contributed by atoms with E-state index in [1.807, 2.05) is 0 Å². The van der Waals surface area contributed by atoms with Crippen molar-refractivity contribution in [1.29, 1.82) is 0 Å². The van der Waals surface area contributed by atoms with E-state index in [1.54, 1.807) is 0 Å². The Morgan fingerprint density at radius 2 is 1.48 bits per heavy atom. The molecule has 124 valence electrons. The van der Waals surface area contributed by atoms with Gasteiger partial charge in [0.15, 0.2) is 0 Å². The normalized spacial score (nSPS) is 11.7. The Hall–Kier alpha value is -1.60. The largest absolute Gasteiger partial charge is 0.385 e. The first-order chi connectivity index (χ1) is 11.1. The molecule has 2 rings (SSSR count). The molecular formula is C22H30O. The topological polar surface area (TPSA) is 20.2 Å². The molecule has 0 aliphatic rings. The molecule has 0 heterocycles. The van der Waals surface area contributed by atoms with E-state index in [-0.39, 0.29) is 0 Å². The SMILES string of the molecule is CCCc1cc(C(O)(CC)CC)ccc1-c1ccccc1CC. The predicted octanol–water partition coefficient (Wildman–Crippen LogP) is 5.88. The van der Waals surface area contributed by atoms with Gasteiger partial charge in [-0.3, -0.25) is 0 Å². The zero-order chi connectivity index (χ0) is 16.9. The minimum absolute atomic E-state index is 0.703. The zero-order valence-corrected chi connectivity index (χ0v) is 15.0. The van der Waals surface area contributed by atoms with E-state index < -0.39 is 5.60 Å². The van der Waals surface area contributed by atoms with Crippen molar-refractivity contribution < 1.29 is 5.11 Å². The van der Waals surface area contributed by atoms with Gasteiger partial charge in [0.25, 0.3) is 0 Å². The van der Waals surface area contributed by atoms with Crippen LogP contribution in [0.15, 0.2) is 42.5 Å². The van der Waals surface area contributed by atoms with Gasteiger partial charge in [-0.05, 0) is 53.5 Å². The Morgan fingerprint density at radius 1 is 0.826 bits per heavy atom. The average Bonchev–Trinajstić information content (AvgIpc) is 2.61. The van der Waals surface area contributed by atoms with Crippen LogP contribution in [0, 0.1) is 0 Å². The molecule has 0 spiro atoms. The minimum atomic E-state index is -0.703. The molecule has 2 aromatic carbocycles. The van der Waals surface area contributed by atoms with E-state index in [1.165, 1.54) is 22.3 Å². The van der Waals surface area contributed by atoms with Crippen LogP contribution in [0.3, 0.4) is 0 Å². The maximum Gasteiger partial charge on any atom is 0.0891 e. The van der Waals surface area contributed by atoms with Crippen molar-refractivity contribution in [1.82, 2.24) is 0 Å². The fraction of sp³-hybridized carbons (Fsp3) is 0.455. The molecule has 1 N–H and O–H groups in total. The smallest absolute Gasteiger partial charge is 0.0891 e. The molecule has 0 saturated heterocycles. The monoisotopic (exact) mass is 310 g/mol. The first kappa shape index (κ1) is 17.7. The summed E-state index contributed by atoms with van der Waals surface area (Å²) in [5.74, 6) is 0. The third kappa shape index (κ3) is 3.67. The summed E-state index contributed by atoms with van der Waals surface area (Å²) < 4.78 is 0. The maximum absolute atomic E-state index is 10.9. The molecular weight excluding hydrogens is 280 g/mol. The average molecular weight is 310 g/mol. The van der Waals surface area contributed by atoms with Crippen molar-refractivity contribution >= 4 is 0 Å². The molecule has 1 heteroatoms. The van der Waals surface area contributed by atoms with Gasteiger partial charge in [-0.25, -0.2) is 0 Å². The van der Waals surface area contributed by atoms with Crippen LogP contribution in [0.4, 0.5) is 0 Å². The number of hydrogen-bond acceptors (Lipinski definition) is 1. The number of hydrogen-bond donors (Lipinski definition) is 1. The number of benzene rings is 2. The summed E-state index contributed by atoms with van der Waals surface area (Å²) in [5, 5.41) is 10.9. The second-order valence-corrected chi connectivity index (χ2v) is 6.37. The molecule has 0 bridgehead atoms. The Labute approximate surface area is 141 Å². The van der Waals surface area contributed by atoms with E-state index >= 15 is 0 Å². The van der Waals surface area contributed by atoms with Gasteiger partial charge in [-0.1, -0.05) is 76.6 Å². The highest BCUT2D eigenvalue weighted by Crippen LogP contribution is 2.34. The van der Waals surface area contributed by atoms with Crippen LogP contribution < -0.4 is 0 Å². The van der Waals surface area contributed by atoms with Crippen LogP contribution in [0.5, 0.6) is 0 Å². The van der Waals surface area contributed by atoms with Crippen molar-refractivity contribution in [2.75, 3.05) is 0 Å². The van der Waals surface area contributed by atoms with Crippen LogP contribution in [0.2, 0.25) is 0 Å². The molecule has 0 atom stereocenters. The summed E-state index contributed by atoms with van der Waals surface area (Å²) in [6.07, 6.45) is 4.70. The number of rotatable bonds is 7. The van der Waals surface area contributed by atoms with E-state index in [9.17, 15) is 5.11 Å². The lowest BCUT2D eigenvalue weighted by Gasteiger charge is -2.27. The predicted molar refractivity (Wildman–Crippen MR) is 99.7 cm³/mol. The van der Waals surface area contributed by atoms with Crippen LogP contribution in [-0.4, -0.2) is 5.11 Å². The fourth-order valence-electron chi connectivity index (χ4n) is 3.37. The fourth-order valence-corrected chi connectivity index (χ4v) is 3.37. The van der Waals surface area contributed by atoms with E-state index in [2.05, 4.69) is 70.2 Å². The lowest BCUT2D eigenvalue weighted by Crippen LogP contribution is -2.23. The van der Waals surface area contributed by atoms with Crippen molar-refractivity contribution in [3.63, 3.8) is 0 Å². The second-order valence-electron chi connectivity index (χ2n) is 6.37. The Kier molecular flexibility index (Phi) is 6.01. The summed E-state index contributed by atoms with van der Waals surface area (Å²) in [6, 6.07) is 15.2. The van der Waals surface area contributed by atoms with Gasteiger partial charge in [0.2, 0.25) is 0 Å². The van der Waals surface area contributed by atoms with Gasteiger partial charge in [0.05, 0.1) is 5.60 Å². The summed E-state index contributed by atoms with van der Waals surface area (Å²) in [7, 11) is 0. The Bertz CT molecular complexity index is 638. The minimum Gasteiger partial charge on any atom is -0.385 e. The molecule has 0 aliphatic heterocycles. The number of aliphatic hydroxyl groups is 1. The molecule has 2 aromatic rings. The Balaban J connectivity index is 2.57. The first-order valence-electron chi connectivity index (χ1n) is 9.03. The molecule has 23 heavy (non-hydrogen) atoms. The summed E-state index contributed by atoms with van der Waals surface area (Å²) in [4.78, 5) is 0. The van der Waals surface area contributed by atoms with Crippen molar-refractivity contribution in [2.45, 2.75) is 65.4 Å². The highest BCUT2D eigenvalue weighted by atomic mass is 16.3. The molecule has 0 saturated carbocycles. The molecule has 0 aliphatic carbocycles.